The Morgan fingerprint density at radius 1 is 0.722 bits per heavy atom. The molecule has 0 spiro atoms. The first-order valence-electron chi connectivity index (χ1n) is 12.7. The molecule has 0 saturated carbocycles. The molecule has 36 heavy (non-hydrogen) atoms. The van der Waals surface area contributed by atoms with Crippen LogP contribution >= 0.6 is 0 Å². The molecule has 0 atom stereocenters. The minimum Gasteiger partial charge on any atom is -0.416 e. The molecule has 0 fully saturated rings. The molecule has 0 heterocycles. The summed E-state index contributed by atoms with van der Waals surface area (Å²) in [6.07, 6.45) is 1.70. The molecule has 0 bridgehead atoms. The van der Waals surface area contributed by atoms with Crippen LogP contribution < -0.4 is 0 Å². The van der Waals surface area contributed by atoms with E-state index in [0.29, 0.717) is 37.9 Å². The Kier molecular flexibility index (Phi) is 11.9. The van der Waals surface area contributed by atoms with Crippen molar-refractivity contribution in [2.24, 2.45) is 0 Å². The number of carbonyl (C=O) groups is 1. The number of hydrogen-bond acceptors (Lipinski definition) is 3. The number of aldehydes is 1. The van der Waals surface area contributed by atoms with E-state index in [2.05, 4.69) is 67.7 Å². The minimum absolute atomic E-state index is 0.116. The maximum absolute atomic E-state index is 13.9. The van der Waals surface area contributed by atoms with Crippen LogP contribution in [0.5, 0.6) is 0 Å². The van der Waals surface area contributed by atoms with Gasteiger partial charge in [-0.1, -0.05) is 71.9 Å². The van der Waals surface area contributed by atoms with E-state index in [0.717, 1.165) is 5.56 Å². The highest BCUT2D eigenvalue weighted by atomic mass is 28.4. The summed E-state index contributed by atoms with van der Waals surface area (Å²) >= 11 is 0. The molecule has 2 aromatic carbocycles. The molecule has 0 radical (unpaired) electrons. The van der Waals surface area contributed by atoms with Crippen molar-refractivity contribution in [1.29, 1.82) is 0 Å². The fourth-order valence-electron chi connectivity index (χ4n) is 2.85. The lowest BCUT2D eigenvalue weighted by molar-refractivity contribution is 0.111. The first-order chi connectivity index (χ1) is 16.4. The van der Waals surface area contributed by atoms with Gasteiger partial charge in [-0.2, -0.15) is 0 Å². The molecule has 0 N–H and O–H groups in total. The molecule has 0 saturated heterocycles. The zero-order valence-electron chi connectivity index (χ0n) is 23.9. The average molecular weight is 537 g/mol. The van der Waals surface area contributed by atoms with Crippen molar-refractivity contribution in [3.63, 3.8) is 0 Å². The van der Waals surface area contributed by atoms with Crippen molar-refractivity contribution in [3.8, 4) is 0 Å². The molecule has 0 unspecified atom stereocenters. The Bertz CT molecular complexity index is 977. The number of benzene rings is 2. The Hall–Kier alpha value is -1.68. The van der Waals surface area contributed by atoms with Gasteiger partial charge in [0.1, 0.15) is 11.6 Å². The predicted molar refractivity (Wildman–Crippen MR) is 152 cm³/mol. The van der Waals surface area contributed by atoms with Crippen LogP contribution in [0.3, 0.4) is 0 Å². The van der Waals surface area contributed by atoms with Crippen LogP contribution in [0.2, 0.25) is 36.3 Å². The molecule has 0 amide bonds. The zero-order valence-corrected chi connectivity index (χ0v) is 25.9. The SMILES string of the molecule is CC(C)(C)[Si](C)(C)OCCc1cccc(C=O)c1F.CC(C)(C)[Si](C)(C)OCCc1ccccc1F. The third-order valence-electron chi connectivity index (χ3n) is 7.47. The molecular formula is C29H46F2O3Si2. The number of hydrogen-bond donors (Lipinski definition) is 0. The molecule has 0 aliphatic carbocycles. The van der Waals surface area contributed by atoms with Crippen LogP contribution in [0.25, 0.3) is 0 Å². The summed E-state index contributed by atoms with van der Waals surface area (Å²) in [6, 6.07) is 11.8. The van der Waals surface area contributed by atoms with Gasteiger partial charge in [0.25, 0.3) is 0 Å². The minimum atomic E-state index is -1.79. The molecular weight excluding hydrogens is 490 g/mol. The normalized spacial score (nSPS) is 12.7. The standard InChI is InChI=1S/C15H23FO2Si.C14H23FOSi/c1-15(2,3)19(4,5)18-10-9-12-7-6-8-13(11-17)14(12)16;1-14(2,3)17(4,5)16-11-10-12-8-6-7-9-13(12)15/h6-8,11H,9-10H2,1-5H3;6-9H,10-11H2,1-5H3. The lowest BCUT2D eigenvalue weighted by Crippen LogP contribution is -2.41. The number of halogens is 2. The van der Waals surface area contributed by atoms with Gasteiger partial charge in [-0.3, -0.25) is 4.79 Å². The fourth-order valence-corrected chi connectivity index (χ4v) is 4.94. The Morgan fingerprint density at radius 3 is 1.61 bits per heavy atom. The molecule has 2 rings (SSSR count). The van der Waals surface area contributed by atoms with E-state index in [-0.39, 0.29) is 21.5 Å². The zero-order chi connectivity index (χ0) is 27.8. The van der Waals surface area contributed by atoms with E-state index in [1.807, 2.05) is 12.1 Å². The highest BCUT2D eigenvalue weighted by molar-refractivity contribution is 6.74. The van der Waals surface area contributed by atoms with Crippen molar-refractivity contribution in [2.75, 3.05) is 13.2 Å². The van der Waals surface area contributed by atoms with Gasteiger partial charge in [0.05, 0.1) is 5.56 Å². The van der Waals surface area contributed by atoms with E-state index < -0.39 is 22.5 Å². The molecule has 202 valence electrons. The van der Waals surface area contributed by atoms with Crippen LogP contribution in [0, 0.1) is 11.6 Å². The predicted octanol–water partition coefficient (Wildman–Crippen LogP) is 8.59. The fraction of sp³-hybridized carbons (Fsp3) is 0.552. The first-order valence-corrected chi connectivity index (χ1v) is 18.5. The average Bonchev–Trinajstić information content (AvgIpc) is 2.75. The maximum Gasteiger partial charge on any atom is 0.191 e. The van der Waals surface area contributed by atoms with E-state index in [4.69, 9.17) is 8.85 Å². The summed E-state index contributed by atoms with van der Waals surface area (Å²) < 4.78 is 39.3. The van der Waals surface area contributed by atoms with E-state index in [1.165, 1.54) is 12.1 Å². The van der Waals surface area contributed by atoms with E-state index in [9.17, 15) is 13.6 Å². The first kappa shape index (κ1) is 32.4. The lowest BCUT2D eigenvalue weighted by atomic mass is 10.1. The van der Waals surface area contributed by atoms with Crippen LogP contribution in [0.15, 0.2) is 42.5 Å². The topological polar surface area (TPSA) is 35.5 Å². The Labute approximate surface area is 219 Å². The highest BCUT2D eigenvalue weighted by Crippen LogP contribution is 2.37. The number of carbonyl (C=O) groups excluding carboxylic acids is 1. The van der Waals surface area contributed by atoms with Crippen LogP contribution in [0.1, 0.15) is 63.0 Å². The quantitative estimate of drug-likeness (QED) is 0.238. The van der Waals surface area contributed by atoms with Gasteiger partial charge < -0.3 is 8.85 Å². The molecule has 7 heteroatoms. The maximum atomic E-state index is 13.9. The van der Waals surface area contributed by atoms with Crippen LogP contribution in [0.4, 0.5) is 8.78 Å². The van der Waals surface area contributed by atoms with Gasteiger partial charge in [-0.25, -0.2) is 8.78 Å². The van der Waals surface area contributed by atoms with Crippen molar-refractivity contribution >= 4 is 22.9 Å². The monoisotopic (exact) mass is 536 g/mol. The van der Waals surface area contributed by atoms with Crippen LogP contribution in [-0.2, 0) is 21.7 Å². The van der Waals surface area contributed by atoms with Gasteiger partial charge >= 0.3 is 0 Å². The Balaban J connectivity index is 0.000000362. The van der Waals surface area contributed by atoms with Crippen molar-refractivity contribution in [2.45, 2.75) is 90.6 Å². The molecule has 0 aliphatic rings. The highest BCUT2D eigenvalue weighted by Gasteiger charge is 2.37. The summed E-state index contributed by atoms with van der Waals surface area (Å²) in [7, 11) is -3.49. The second-order valence-corrected chi connectivity index (χ2v) is 21.9. The van der Waals surface area contributed by atoms with Crippen molar-refractivity contribution in [1.82, 2.24) is 0 Å². The van der Waals surface area contributed by atoms with E-state index >= 15 is 0 Å². The third-order valence-corrected chi connectivity index (χ3v) is 16.6. The van der Waals surface area contributed by atoms with Gasteiger partial charge in [-0.15, -0.1) is 0 Å². The molecule has 0 aliphatic heterocycles. The van der Waals surface area contributed by atoms with Crippen LogP contribution in [-0.4, -0.2) is 36.1 Å². The molecule has 0 aromatic heterocycles. The summed E-state index contributed by atoms with van der Waals surface area (Å²) in [4.78, 5) is 10.7. The van der Waals surface area contributed by atoms with Gasteiger partial charge in [0, 0.05) is 13.2 Å². The summed E-state index contributed by atoms with van der Waals surface area (Å²) in [6.45, 7) is 23.0. The second-order valence-electron chi connectivity index (χ2n) is 12.2. The van der Waals surface area contributed by atoms with Gasteiger partial charge in [0.2, 0.25) is 0 Å². The smallest absolute Gasteiger partial charge is 0.191 e. The second kappa shape index (κ2) is 13.2. The van der Waals surface area contributed by atoms with E-state index in [1.54, 1.807) is 18.2 Å². The summed E-state index contributed by atoms with van der Waals surface area (Å²) in [5, 5.41) is 0.360. The van der Waals surface area contributed by atoms with Gasteiger partial charge in [0.15, 0.2) is 22.9 Å². The van der Waals surface area contributed by atoms with Crippen molar-refractivity contribution in [3.05, 3.63) is 70.8 Å². The summed E-state index contributed by atoms with van der Waals surface area (Å²) in [5.41, 5.74) is 1.40. The third kappa shape index (κ3) is 9.65. The van der Waals surface area contributed by atoms with Crippen molar-refractivity contribution < 1.29 is 22.4 Å². The summed E-state index contributed by atoms with van der Waals surface area (Å²) in [5.74, 6) is -0.553. The van der Waals surface area contributed by atoms with Gasteiger partial charge in [-0.05, 0) is 72.4 Å². The lowest BCUT2D eigenvalue weighted by Gasteiger charge is -2.36. The number of rotatable bonds is 9. The largest absolute Gasteiger partial charge is 0.416 e. The Morgan fingerprint density at radius 2 is 1.17 bits per heavy atom. The molecule has 2 aromatic rings. The molecule has 3 nitrogen and oxygen atoms in total.